The monoisotopic (exact) mass is 538 g/mol. The van der Waals surface area contributed by atoms with E-state index >= 15 is 0 Å². The molecule has 6 nitrogen and oxygen atoms in total. The summed E-state index contributed by atoms with van der Waals surface area (Å²) in [5.41, 5.74) is 3.05. The molecule has 39 heavy (non-hydrogen) atoms. The third-order valence-electron chi connectivity index (χ3n) is 6.45. The predicted molar refractivity (Wildman–Crippen MR) is 159 cm³/mol. The Morgan fingerprint density at radius 2 is 1.54 bits per heavy atom. The Morgan fingerprint density at radius 3 is 2.28 bits per heavy atom. The van der Waals surface area contributed by atoms with Crippen molar-refractivity contribution >= 4 is 45.8 Å². The minimum Gasteiger partial charge on any atom is -0.494 e. The van der Waals surface area contributed by atoms with Gasteiger partial charge < -0.3 is 19.1 Å². The summed E-state index contributed by atoms with van der Waals surface area (Å²) in [7, 11) is 1.80. The van der Waals surface area contributed by atoms with E-state index in [9.17, 15) is 4.79 Å². The fourth-order valence-corrected chi connectivity index (χ4v) is 4.78. The van der Waals surface area contributed by atoms with Crippen LogP contribution < -0.4 is 19.1 Å². The van der Waals surface area contributed by atoms with E-state index in [2.05, 4.69) is 30.3 Å². The number of carbonyl (C=O) groups excluding carboxylic acids is 1. The molecule has 0 aliphatic carbocycles. The van der Waals surface area contributed by atoms with Crippen molar-refractivity contribution in [2.24, 2.45) is 0 Å². The van der Waals surface area contributed by atoms with Crippen molar-refractivity contribution in [1.82, 2.24) is 4.90 Å². The lowest BCUT2D eigenvalue weighted by molar-refractivity contribution is -0.114. The highest BCUT2D eigenvalue weighted by Gasteiger charge is 2.36. The van der Waals surface area contributed by atoms with Crippen molar-refractivity contribution in [3.8, 4) is 17.2 Å². The number of nitrogens with zero attached hydrogens (tertiary/aromatic N) is 2. The van der Waals surface area contributed by atoms with E-state index in [-0.39, 0.29) is 5.91 Å². The number of carbonyl (C=O) groups is 1. The largest absolute Gasteiger partial charge is 0.494 e. The number of thiocarbonyl (C=S) groups is 1. The van der Waals surface area contributed by atoms with Crippen LogP contribution in [0.25, 0.3) is 16.8 Å². The maximum absolute atomic E-state index is 13.4. The molecule has 5 rings (SSSR count). The zero-order valence-corrected chi connectivity index (χ0v) is 23.0. The zero-order valence-electron chi connectivity index (χ0n) is 22.2. The smallest absolute Gasteiger partial charge is 0.281 e. The van der Waals surface area contributed by atoms with Gasteiger partial charge in [-0.2, -0.15) is 0 Å². The van der Waals surface area contributed by atoms with Gasteiger partial charge in [-0.25, -0.2) is 0 Å². The number of amides is 1. The molecule has 1 aliphatic rings. The van der Waals surface area contributed by atoms with Gasteiger partial charge >= 0.3 is 0 Å². The first-order valence-corrected chi connectivity index (χ1v) is 13.3. The normalized spacial score (nSPS) is 14.4. The molecule has 0 N–H and O–H groups in total. The van der Waals surface area contributed by atoms with E-state index in [1.54, 1.807) is 11.9 Å². The van der Waals surface area contributed by atoms with Crippen LogP contribution in [0.15, 0.2) is 90.6 Å². The molecule has 0 radical (unpaired) electrons. The predicted octanol–water partition coefficient (Wildman–Crippen LogP) is 6.82. The first-order chi connectivity index (χ1) is 19.0. The molecule has 198 valence electrons. The SMILES string of the molecule is CCOc1ccc(N2C(=O)/C(=C/c3ccc(OCc4ccc5ccccc5c4)c(OCC)c3)N(C)C2=S)cc1. The van der Waals surface area contributed by atoms with Gasteiger partial charge in [-0.05, 0) is 96.5 Å². The molecule has 4 aromatic carbocycles. The molecule has 0 bridgehead atoms. The Labute approximate surface area is 234 Å². The molecule has 0 unspecified atom stereocenters. The first kappa shape index (κ1) is 26.3. The molecule has 0 aromatic heterocycles. The number of likely N-dealkylation sites (N-methyl/N-ethyl adjacent to an activating group) is 1. The van der Waals surface area contributed by atoms with Gasteiger partial charge in [-0.15, -0.1) is 0 Å². The van der Waals surface area contributed by atoms with Crippen LogP contribution in [0, 0.1) is 0 Å². The Kier molecular flexibility index (Phi) is 7.79. The summed E-state index contributed by atoms with van der Waals surface area (Å²) in [5, 5.41) is 2.78. The molecule has 0 saturated carbocycles. The Hall–Kier alpha value is -4.36. The Morgan fingerprint density at radius 1 is 0.795 bits per heavy atom. The number of ether oxygens (including phenoxy) is 3. The Bertz CT molecular complexity index is 1550. The van der Waals surface area contributed by atoms with E-state index < -0.39 is 0 Å². The van der Waals surface area contributed by atoms with Crippen molar-refractivity contribution in [3.05, 3.63) is 102 Å². The van der Waals surface area contributed by atoms with Crippen LogP contribution in [0.2, 0.25) is 0 Å². The molecule has 1 aliphatic heterocycles. The van der Waals surface area contributed by atoms with Gasteiger partial charge in [0.2, 0.25) is 0 Å². The molecule has 7 heteroatoms. The number of benzene rings is 4. The third kappa shape index (κ3) is 5.59. The zero-order chi connectivity index (χ0) is 27.4. The molecule has 1 amide bonds. The minimum absolute atomic E-state index is 0.193. The maximum atomic E-state index is 13.4. The second-order valence-corrected chi connectivity index (χ2v) is 9.41. The Balaban J connectivity index is 1.36. The van der Waals surface area contributed by atoms with Crippen molar-refractivity contribution in [2.45, 2.75) is 20.5 Å². The van der Waals surface area contributed by atoms with Crippen LogP contribution >= 0.6 is 12.2 Å². The summed E-state index contributed by atoms with van der Waals surface area (Å²) in [4.78, 5) is 16.7. The van der Waals surface area contributed by atoms with Crippen LogP contribution in [0.4, 0.5) is 5.69 Å². The van der Waals surface area contributed by atoms with Crippen molar-refractivity contribution in [1.29, 1.82) is 0 Å². The van der Waals surface area contributed by atoms with Gasteiger partial charge in [0, 0.05) is 7.05 Å². The first-order valence-electron chi connectivity index (χ1n) is 12.9. The van der Waals surface area contributed by atoms with Crippen LogP contribution in [0.3, 0.4) is 0 Å². The molecule has 1 heterocycles. The second kappa shape index (κ2) is 11.6. The topological polar surface area (TPSA) is 51.2 Å². The van der Waals surface area contributed by atoms with Crippen LogP contribution in [0.1, 0.15) is 25.0 Å². The number of hydrogen-bond acceptors (Lipinski definition) is 5. The minimum atomic E-state index is -0.193. The summed E-state index contributed by atoms with van der Waals surface area (Å²) in [6.45, 7) is 5.34. The lowest BCUT2D eigenvalue weighted by Crippen LogP contribution is -2.31. The summed E-state index contributed by atoms with van der Waals surface area (Å²) in [6.07, 6.45) is 1.82. The highest BCUT2D eigenvalue weighted by Crippen LogP contribution is 2.33. The van der Waals surface area contributed by atoms with E-state index in [4.69, 9.17) is 26.4 Å². The fraction of sp³-hybridized carbons (Fsp3) is 0.188. The average molecular weight is 539 g/mol. The van der Waals surface area contributed by atoms with E-state index in [1.807, 2.05) is 74.5 Å². The van der Waals surface area contributed by atoms with E-state index in [1.165, 1.54) is 15.7 Å². The van der Waals surface area contributed by atoms with Crippen molar-refractivity contribution < 1.29 is 19.0 Å². The van der Waals surface area contributed by atoms with Crippen LogP contribution in [0.5, 0.6) is 17.2 Å². The molecular formula is C32H30N2O4S. The lowest BCUT2D eigenvalue weighted by atomic mass is 10.1. The van der Waals surface area contributed by atoms with Gasteiger partial charge in [-0.3, -0.25) is 9.69 Å². The quantitative estimate of drug-likeness (QED) is 0.172. The van der Waals surface area contributed by atoms with Crippen molar-refractivity contribution in [3.63, 3.8) is 0 Å². The van der Waals surface area contributed by atoms with Gasteiger partial charge in [0.1, 0.15) is 18.1 Å². The highest BCUT2D eigenvalue weighted by atomic mass is 32.1. The standard InChI is InChI=1S/C32H30N2O4S/c1-4-36-27-15-13-26(14-16-27)34-31(35)28(33(3)32(34)39)19-22-11-17-29(30(20-22)37-5-2)38-21-23-10-12-24-8-6-7-9-25(24)18-23/h6-20H,4-5,21H2,1-3H3/b28-19-. The number of rotatable bonds is 9. The van der Waals surface area contributed by atoms with Crippen LogP contribution in [-0.2, 0) is 11.4 Å². The van der Waals surface area contributed by atoms with Gasteiger partial charge in [0.25, 0.3) is 5.91 Å². The van der Waals surface area contributed by atoms with Gasteiger partial charge in [0.15, 0.2) is 16.6 Å². The molecule has 1 fully saturated rings. The maximum Gasteiger partial charge on any atom is 0.281 e. The molecule has 0 spiro atoms. The summed E-state index contributed by atoms with van der Waals surface area (Å²) < 4.78 is 17.6. The third-order valence-corrected chi connectivity index (χ3v) is 6.90. The highest BCUT2D eigenvalue weighted by molar-refractivity contribution is 7.80. The molecule has 0 atom stereocenters. The van der Waals surface area contributed by atoms with E-state index in [0.717, 1.165) is 16.9 Å². The van der Waals surface area contributed by atoms with E-state index in [0.29, 0.717) is 47.8 Å². The number of hydrogen-bond donors (Lipinski definition) is 0. The number of anilines is 1. The van der Waals surface area contributed by atoms with Gasteiger partial charge in [0.05, 0.1) is 18.9 Å². The lowest BCUT2D eigenvalue weighted by Gasteiger charge is -2.16. The fourth-order valence-electron chi connectivity index (χ4n) is 4.49. The summed E-state index contributed by atoms with van der Waals surface area (Å²) in [5.74, 6) is 1.81. The van der Waals surface area contributed by atoms with Crippen LogP contribution in [-0.4, -0.2) is 36.2 Å². The molecular weight excluding hydrogens is 508 g/mol. The number of fused-ring (bicyclic) bond motifs is 1. The van der Waals surface area contributed by atoms with Gasteiger partial charge in [-0.1, -0.05) is 42.5 Å². The molecule has 4 aromatic rings. The second-order valence-electron chi connectivity index (χ2n) is 9.05. The molecule has 1 saturated heterocycles. The van der Waals surface area contributed by atoms with Crippen molar-refractivity contribution in [2.75, 3.05) is 25.2 Å². The summed E-state index contributed by atoms with van der Waals surface area (Å²) >= 11 is 5.61. The summed E-state index contributed by atoms with van der Waals surface area (Å²) in [6, 6.07) is 27.6. The average Bonchev–Trinajstić information content (AvgIpc) is 3.16.